The van der Waals surface area contributed by atoms with Crippen molar-refractivity contribution in [2.45, 2.75) is 0 Å². The second-order valence-electron chi connectivity index (χ2n) is 0.0833. The van der Waals surface area contributed by atoms with Gasteiger partial charge in [0.05, 0.1) is 0 Å². The quantitative estimate of drug-likeness (QED) is 0.543. The van der Waals surface area contributed by atoms with Gasteiger partial charge in [0.15, 0.2) is 0 Å². The molecule has 0 saturated carbocycles. The fourth-order valence-corrected chi connectivity index (χ4v) is 0. The first kappa shape index (κ1) is 27.7. The zero-order chi connectivity index (χ0) is 2.71. The Kier molecular flexibility index (Phi) is 169. The van der Waals surface area contributed by atoms with Crippen molar-refractivity contribution in [3.05, 3.63) is 0 Å². The molecule has 0 aliphatic carbocycles. The molecule has 0 aromatic carbocycles. The summed E-state index contributed by atoms with van der Waals surface area (Å²) in [6.45, 7) is 0. The van der Waals surface area contributed by atoms with Crippen LogP contribution in [0.4, 0.5) is 0 Å². The van der Waals surface area contributed by atoms with E-state index >= 15 is 0 Å². The minimum atomic E-state index is -1.42. The molecule has 0 bridgehead atoms. The van der Waals surface area contributed by atoms with Crippen LogP contribution in [-0.2, 0) is 19.9 Å². The molecule has 0 aromatic heterocycles. The van der Waals surface area contributed by atoms with Crippen LogP contribution < -0.4 is 0 Å². The molecule has 0 aliphatic heterocycles. The van der Waals surface area contributed by atoms with Crippen molar-refractivity contribution >= 4 is 9.29 Å². The van der Waals surface area contributed by atoms with Gasteiger partial charge in [-0.05, 0) is 0 Å². The van der Waals surface area contributed by atoms with Crippen molar-refractivity contribution in [3.8, 4) is 0 Å². The van der Waals surface area contributed by atoms with E-state index < -0.39 is 9.29 Å². The molecule has 0 amide bonds. The average Bonchev–Trinajstić information content (AvgIpc) is 0.918. The van der Waals surface area contributed by atoms with E-state index in [1.54, 1.807) is 0 Å². The molecule has 0 aromatic rings. The Morgan fingerprint density at radius 2 is 1.00 bits per heavy atom. The predicted molar refractivity (Wildman–Crippen MR) is 8.50 cm³/mol. The van der Waals surface area contributed by atoms with E-state index in [-0.39, 0.29) is 50.9 Å². The van der Waals surface area contributed by atoms with E-state index in [9.17, 15) is 0 Å². The van der Waals surface area contributed by atoms with Crippen LogP contribution in [0.3, 0.4) is 0 Å². The first-order chi connectivity index (χ1) is 1.41. The Labute approximate surface area is 68.5 Å². The fourth-order valence-electron chi connectivity index (χ4n) is 0. The Morgan fingerprint density at radius 1 is 1.00 bits per heavy atom. The molecular formula is O4SiTh. The van der Waals surface area contributed by atoms with E-state index in [4.69, 9.17) is 8.92 Å². The first-order valence-corrected chi connectivity index (χ1v) is 1.22. The van der Waals surface area contributed by atoms with Crippen molar-refractivity contribution in [2.75, 3.05) is 0 Å². The minimum absolute atomic E-state index is 0. The summed E-state index contributed by atoms with van der Waals surface area (Å²) in [7, 11) is -1.42. The van der Waals surface area contributed by atoms with Gasteiger partial charge in [-0.15, -0.1) is 0 Å². The maximum atomic E-state index is 8.40. The van der Waals surface area contributed by atoms with Crippen LogP contribution in [0.5, 0.6) is 0 Å². The minimum Gasteiger partial charge on any atom is -2.00 e. The van der Waals surface area contributed by atoms with Crippen LogP contribution in [0.1, 0.15) is 0 Å². The number of rotatable bonds is 0. The van der Waals surface area contributed by atoms with E-state index in [1.807, 2.05) is 0 Å². The summed E-state index contributed by atoms with van der Waals surface area (Å²) in [5, 5.41) is 0. The Hall–Kier alpha value is 1.06. The topological polar surface area (TPSA) is 91.1 Å². The van der Waals surface area contributed by atoms with Crippen LogP contribution in [0, 0.1) is 39.9 Å². The van der Waals surface area contributed by atoms with Crippen molar-refractivity contribution < 1.29 is 59.8 Å². The van der Waals surface area contributed by atoms with Gasteiger partial charge in [-0.2, -0.15) is 0 Å². The molecule has 0 rings (SSSR count). The molecule has 0 N–H and O–H groups in total. The van der Waals surface area contributed by atoms with Gasteiger partial charge >= 0.3 is 49.2 Å². The van der Waals surface area contributed by atoms with Gasteiger partial charge in [-0.1, -0.05) is 0 Å². The van der Waals surface area contributed by atoms with Crippen molar-refractivity contribution in [2.24, 2.45) is 0 Å². The van der Waals surface area contributed by atoms with Gasteiger partial charge in [0, 0.05) is 0 Å². The van der Waals surface area contributed by atoms with Crippen LogP contribution >= 0.6 is 0 Å². The van der Waals surface area contributed by atoms with Crippen molar-refractivity contribution in [3.63, 3.8) is 0 Å². The van der Waals surface area contributed by atoms with E-state index in [1.165, 1.54) is 0 Å². The van der Waals surface area contributed by atoms with Gasteiger partial charge in [0.2, 0.25) is 0 Å². The third-order valence-electron chi connectivity index (χ3n) is 0. The van der Waals surface area contributed by atoms with Crippen LogP contribution in [0.15, 0.2) is 0 Å². The smallest absolute Gasteiger partial charge is 2.00 e. The molecule has 0 saturated heterocycles. The Morgan fingerprint density at radius 3 is 1.00 bits per heavy atom. The molecule has 0 heterocycles. The van der Waals surface area contributed by atoms with Gasteiger partial charge in [-0.3, -0.25) is 8.92 Å². The largest absolute Gasteiger partial charge is 4.00 e. The molecule has 4 nitrogen and oxygen atoms in total. The van der Waals surface area contributed by atoms with Crippen LogP contribution in [-0.4, -0.2) is 9.29 Å². The molecule has 0 radical (unpaired) electrons. The molecule has 6 heteroatoms. The molecule has 0 atom stereocenters. The standard InChI is InChI=1S/O2Si.2O.Th/c1-3-2;;;/q;2*-2;+4. The summed E-state index contributed by atoms with van der Waals surface area (Å²) in [5.74, 6) is 0. The summed E-state index contributed by atoms with van der Waals surface area (Å²) < 4.78 is 16.8. The van der Waals surface area contributed by atoms with Gasteiger partial charge in [-0.25, -0.2) is 0 Å². The number of hydrogen-bond donors (Lipinski definition) is 0. The maximum Gasteiger partial charge on any atom is 4.00 e. The van der Waals surface area contributed by atoms with Gasteiger partial charge < -0.3 is 11.0 Å². The van der Waals surface area contributed by atoms with Crippen LogP contribution in [0.25, 0.3) is 0 Å². The second-order valence-corrected chi connectivity index (χ2v) is 0.250. The Balaban J connectivity index is -0.00000000667. The first-order valence-electron chi connectivity index (χ1n) is 0.408. The summed E-state index contributed by atoms with van der Waals surface area (Å²) in [4.78, 5) is 0. The normalized spacial score (nSPS) is 1.33. The summed E-state index contributed by atoms with van der Waals surface area (Å²) in [6.07, 6.45) is 0. The second kappa shape index (κ2) is 36.5. The third-order valence-corrected chi connectivity index (χ3v) is 0. The summed E-state index contributed by atoms with van der Waals surface area (Å²) in [6, 6.07) is 0. The average molecular weight is 324 g/mol. The van der Waals surface area contributed by atoms with E-state index in [0.717, 1.165) is 0 Å². The van der Waals surface area contributed by atoms with Crippen molar-refractivity contribution in [1.29, 1.82) is 0 Å². The van der Waals surface area contributed by atoms with Crippen LogP contribution in [0.2, 0.25) is 0 Å². The molecule has 0 unspecified atom stereocenters. The summed E-state index contributed by atoms with van der Waals surface area (Å²) >= 11 is 0. The molecule has 6 heavy (non-hydrogen) atoms. The van der Waals surface area contributed by atoms with E-state index in [0.29, 0.717) is 0 Å². The zero-order valence-corrected chi connectivity index (χ0v) is 7.74. The zero-order valence-electron chi connectivity index (χ0n) is 2.63. The fraction of sp³-hybridized carbons (Fsp3) is 0. The molecule has 0 aliphatic rings. The monoisotopic (exact) mass is 324 g/mol. The summed E-state index contributed by atoms with van der Waals surface area (Å²) in [5.41, 5.74) is 0. The molecular weight excluding hydrogens is 324 g/mol. The van der Waals surface area contributed by atoms with Gasteiger partial charge in [0.1, 0.15) is 0 Å². The number of hydrogen-bond acceptors (Lipinski definition) is 2. The SMILES string of the molecule is O=[Si]=O.[O-2].[O-2].[Th+4]. The maximum absolute atomic E-state index is 8.40. The predicted octanol–water partition coefficient (Wildman–Crippen LogP) is -0.856. The molecule has 32 valence electrons. The van der Waals surface area contributed by atoms with Gasteiger partial charge in [0.25, 0.3) is 0 Å². The van der Waals surface area contributed by atoms with E-state index in [2.05, 4.69) is 0 Å². The third kappa shape index (κ3) is 74.1. The molecule has 0 spiro atoms. The molecule has 0 fully saturated rings. The Bertz CT molecular complexity index is 28.5. The van der Waals surface area contributed by atoms with Crippen molar-refractivity contribution in [1.82, 2.24) is 0 Å².